The molecule has 1 aliphatic heterocycles. The maximum atomic E-state index is 14.4. The van der Waals surface area contributed by atoms with E-state index in [1.807, 2.05) is 107 Å². The van der Waals surface area contributed by atoms with Crippen LogP contribution < -0.4 is 9.47 Å². The summed E-state index contributed by atoms with van der Waals surface area (Å²) in [5.41, 5.74) is -0.590. The van der Waals surface area contributed by atoms with Crippen LogP contribution in [0.3, 0.4) is 0 Å². The molecule has 6 rings (SSSR count). The molecule has 0 aliphatic carbocycles. The molecule has 1 fully saturated rings. The Morgan fingerprint density at radius 2 is 1.40 bits per heavy atom. The second-order valence-electron chi connectivity index (χ2n) is 17.9. The SMILES string of the molecule is COc1ccc(C(OC[C@H]2O[C@@H](n3cnc4c(C(F)(F)F)ncnc43)[C@H](O[Si](C)(C)C(C)(C)C)[C@@H]2OP(OCCC#N)N(C(C)C)C(C)C)(c2ccccc2)c2ccc(OC)cc2)cc1. The fourth-order valence-electron chi connectivity index (χ4n) is 7.76. The number of nitrogens with zero attached hydrogens (tertiary/aromatic N) is 6. The Hall–Kier alpha value is -4.50. The van der Waals surface area contributed by atoms with Gasteiger partial charge in [0, 0.05) is 12.1 Å². The average Bonchev–Trinajstić information content (AvgIpc) is 3.84. The van der Waals surface area contributed by atoms with Crippen molar-refractivity contribution in [2.45, 2.75) is 121 Å². The van der Waals surface area contributed by atoms with E-state index >= 15 is 0 Å². The second kappa shape index (κ2) is 20.6. The Labute approximate surface area is 382 Å². The molecule has 3 aromatic carbocycles. The lowest BCUT2D eigenvalue weighted by Gasteiger charge is -2.42. The fourth-order valence-corrected chi connectivity index (χ4v) is 10.8. The Bertz CT molecular complexity index is 2300. The second-order valence-corrected chi connectivity index (χ2v) is 24.0. The van der Waals surface area contributed by atoms with Crippen molar-refractivity contribution in [2.75, 3.05) is 27.4 Å². The van der Waals surface area contributed by atoms with Crippen LogP contribution in [0, 0.1) is 11.3 Å². The zero-order valence-electron chi connectivity index (χ0n) is 38.9. The van der Waals surface area contributed by atoms with Crippen molar-refractivity contribution in [3.8, 4) is 17.6 Å². The summed E-state index contributed by atoms with van der Waals surface area (Å²) < 4.78 is 93.4. The predicted molar refractivity (Wildman–Crippen MR) is 245 cm³/mol. The van der Waals surface area contributed by atoms with Crippen molar-refractivity contribution in [3.63, 3.8) is 0 Å². The van der Waals surface area contributed by atoms with E-state index in [9.17, 15) is 18.4 Å². The number of ether oxygens (including phenoxy) is 4. The molecule has 1 saturated heterocycles. The molecule has 0 saturated carbocycles. The molecule has 0 spiro atoms. The first-order chi connectivity index (χ1) is 30.8. The third-order valence-corrected chi connectivity index (χ3v) is 18.5. The van der Waals surface area contributed by atoms with Gasteiger partial charge in [0.1, 0.15) is 47.3 Å². The first-order valence-electron chi connectivity index (χ1n) is 21.6. The monoisotopic (exact) mass is 936 g/mol. The van der Waals surface area contributed by atoms with Crippen molar-refractivity contribution >= 4 is 28.0 Å². The summed E-state index contributed by atoms with van der Waals surface area (Å²) in [4.78, 5) is 12.1. The summed E-state index contributed by atoms with van der Waals surface area (Å²) in [6.07, 6.45) is -6.48. The van der Waals surface area contributed by atoms with Gasteiger partial charge in [0.25, 0.3) is 8.53 Å². The molecule has 2 aromatic heterocycles. The van der Waals surface area contributed by atoms with Crippen LogP contribution in [0.5, 0.6) is 11.5 Å². The van der Waals surface area contributed by atoms with Gasteiger partial charge in [0.15, 0.2) is 25.9 Å². The van der Waals surface area contributed by atoms with Gasteiger partial charge in [-0.05, 0) is 86.8 Å². The maximum absolute atomic E-state index is 14.4. The number of halogens is 3. The number of rotatable bonds is 19. The smallest absolute Gasteiger partial charge is 0.435 e. The van der Waals surface area contributed by atoms with Crippen LogP contribution in [-0.2, 0) is 34.7 Å². The zero-order valence-corrected chi connectivity index (χ0v) is 40.8. The topological polar surface area (TPSA) is 135 Å². The minimum atomic E-state index is -4.80. The number of benzene rings is 3. The third-order valence-electron chi connectivity index (χ3n) is 11.9. The molecular formula is C47H60F3N6O7PSi. The average molecular weight is 937 g/mol. The highest BCUT2D eigenvalue weighted by Gasteiger charge is 2.55. The lowest BCUT2D eigenvalue weighted by atomic mass is 9.80. The van der Waals surface area contributed by atoms with Gasteiger partial charge in [-0.1, -0.05) is 75.4 Å². The van der Waals surface area contributed by atoms with E-state index in [0.717, 1.165) is 23.0 Å². The number of methoxy groups -OCH3 is 2. The number of imidazole rings is 1. The summed E-state index contributed by atoms with van der Waals surface area (Å²) in [5, 5.41) is 9.24. The van der Waals surface area contributed by atoms with Gasteiger partial charge in [-0.3, -0.25) is 4.57 Å². The zero-order chi connectivity index (χ0) is 47.3. The summed E-state index contributed by atoms with van der Waals surface area (Å²) in [7, 11) is -1.45. The molecule has 5 atom stereocenters. The quantitative estimate of drug-likeness (QED) is 0.0337. The van der Waals surface area contributed by atoms with Gasteiger partial charge < -0.3 is 32.4 Å². The molecule has 0 amide bonds. The Morgan fingerprint density at radius 1 is 0.831 bits per heavy atom. The molecule has 350 valence electrons. The molecule has 0 N–H and O–H groups in total. The van der Waals surface area contributed by atoms with E-state index in [0.29, 0.717) is 11.5 Å². The van der Waals surface area contributed by atoms with Gasteiger partial charge in [0.05, 0.1) is 46.3 Å². The van der Waals surface area contributed by atoms with Gasteiger partial charge in [-0.2, -0.15) is 18.4 Å². The molecule has 1 unspecified atom stereocenters. The van der Waals surface area contributed by atoms with Crippen molar-refractivity contribution in [3.05, 3.63) is 114 Å². The summed E-state index contributed by atoms with van der Waals surface area (Å²) in [5.74, 6) is 1.31. The highest BCUT2D eigenvalue weighted by atomic mass is 31.2. The number of fused-ring (bicyclic) bond motifs is 1. The van der Waals surface area contributed by atoms with Crippen LogP contribution in [0.2, 0.25) is 18.1 Å². The lowest BCUT2D eigenvalue weighted by Crippen LogP contribution is -2.50. The molecule has 18 heteroatoms. The van der Waals surface area contributed by atoms with Crippen molar-refractivity contribution in [2.24, 2.45) is 0 Å². The number of hydrogen-bond acceptors (Lipinski definition) is 12. The van der Waals surface area contributed by atoms with E-state index in [4.69, 9.17) is 32.4 Å². The molecule has 5 aromatic rings. The van der Waals surface area contributed by atoms with E-state index in [2.05, 4.69) is 59.6 Å². The van der Waals surface area contributed by atoms with E-state index in [1.54, 1.807) is 14.2 Å². The standard InChI is InChI=1S/C47H60F3N6O7PSi/c1-31(2)56(32(3)4)64(60-27-15-26-51)62-40-38(61-44(41(40)63-65(10,11)45(5,6)7)55-30-54-39-42(47(48,49)50)52-29-53-43(39)55)28-59-46(33-16-13-12-14-17-33,34-18-22-36(57-8)23-19-34)35-20-24-37(58-9)25-21-35/h12-14,16-25,29-32,38,40-41,44H,15,27-28H2,1-11H3/t38-,40-,41-,44-,64?/m1/s1. The summed E-state index contributed by atoms with van der Waals surface area (Å²) >= 11 is 0. The highest BCUT2D eigenvalue weighted by molar-refractivity contribution is 7.44. The molecule has 0 radical (unpaired) electrons. The van der Waals surface area contributed by atoms with Crippen molar-refractivity contribution < 1.29 is 45.6 Å². The summed E-state index contributed by atoms with van der Waals surface area (Å²) in [6, 6.07) is 27.1. The lowest BCUT2D eigenvalue weighted by molar-refractivity contribution is -0.140. The van der Waals surface area contributed by atoms with Crippen LogP contribution in [0.4, 0.5) is 13.2 Å². The highest BCUT2D eigenvalue weighted by Crippen LogP contribution is 2.53. The first-order valence-corrected chi connectivity index (χ1v) is 25.6. The summed E-state index contributed by atoms with van der Waals surface area (Å²) in [6.45, 7) is 18.6. The fraction of sp³-hybridized carbons (Fsp3) is 0.489. The molecule has 1 aliphatic rings. The minimum Gasteiger partial charge on any atom is -0.497 e. The van der Waals surface area contributed by atoms with E-state index in [-0.39, 0.29) is 42.4 Å². The number of nitriles is 1. The number of hydrogen-bond donors (Lipinski definition) is 0. The van der Waals surface area contributed by atoms with Crippen LogP contribution in [0.1, 0.15) is 83.5 Å². The predicted octanol–water partition coefficient (Wildman–Crippen LogP) is 10.8. The van der Waals surface area contributed by atoms with Gasteiger partial charge >= 0.3 is 6.18 Å². The normalized spacial score (nSPS) is 19.0. The molecular weight excluding hydrogens is 877 g/mol. The van der Waals surface area contributed by atoms with E-state index < -0.39 is 64.4 Å². The van der Waals surface area contributed by atoms with Crippen LogP contribution >= 0.6 is 8.53 Å². The number of aromatic nitrogens is 4. The molecule has 65 heavy (non-hydrogen) atoms. The van der Waals surface area contributed by atoms with Crippen LogP contribution in [0.15, 0.2) is 91.5 Å². The van der Waals surface area contributed by atoms with Crippen LogP contribution in [0.25, 0.3) is 11.2 Å². The largest absolute Gasteiger partial charge is 0.497 e. The minimum absolute atomic E-state index is 0.0540. The molecule has 13 nitrogen and oxygen atoms in total. The Kier molecular flexibility index (Phi) is 15.8. The number of alkyl halides is 3. The molecule has 3 heterocycles. The van der Waals surface area contributed by atoms with Gasteiger partial charge in [-0.15, -0.1) is 0 Å². The van der Waals surface area contributed by atoms with Crippen molar-refractivity contribution in [1.29, 1.82) is 5.26 Å². The van der Waals surface area contributed by atoms with Crippen LogP contribution in [-0.4, -0.2) is 90.3 Å². The Morgan fingerprint density at radius 3 is 1.91 bits per heavy atom. The van der Waals surface area contributed by atoms with Gasteiger partial charge in [0.2, 0.25) is 0 Å². The van der Waals surface area contributed by atoms with Gasteiger partial charge in [-0.25, -0.2) is 19.6 Å². The Balaban J connectivity index is 1.58. The van der Waals surface area contributed by atoms with E-state index in [1.165, 1.54) is 10.9 Å². The maximum Gasteiger partial charge on any atom is 0.435 e. The van der Waals surface area contributed by atoms with Crippen molar-refractivity contribution in [1.82, 2.24) is 24.2 Å². The third kappa shape index (κ3) is 10.7. The first kappa shape index (κ1) is 49.9. The molecule has 0 bridgehead atoms.